The van der Waals surface area contributed by atoms with E-state index in [0.29, 0.717) is 126 Å². The zero-order valence-electron chi connectivity index (χ0n) is 60.6. The highest BCUT2D eigenvalue weighted by Crippen LogP contribution is 2.46. The van der Waals surface area contributed by atoms with E-state index in [1.807, 2.05) is 267 Å². The van der Waals surface area contributed by atoms with Gasteiger partial charge in [-0.3, -0.25) is 0 Å². The molecular weight excluding hydrogens is 1400 g/mol. The molecule has 6 aromatic heterocycles. The summed E-state index contributed by atoms with van der Waals surface area (Å²) in [6.07, 6.45) is 0. The summed E-state index contributed by atoms with van der Waals surface area (Å²) in [7, 11) is 0. The normalized spacial score (nSPS) is 11.3. The minimum atomic E-state index is 0.299. The molecule has 0 radical (unpaired) electrons. The van der Waals surface area contributed by atoms with Crippen LogP contribution in [0.5, 0.6) is 0 Å². The molecule has 0 unspecified atom stereocenters. The highest BCUT2D eigenvalue weighted by Gasteiger charge is 2.27. The lowest BCUT2D eigenvalue weighted by Gasteiger charge is -2.20. The third-order valence-corrected chi connectivity index (χ3v) is 20.4. The molecule has 6 heterocycles. The van der Waals surface area contributed by atoms with Gasteiger partial charge in [-0.15, -0.1) is 0 Å². The molecule has 114 heavy (non-hydrogen) atoms. The predicted octanol–water partition coefficient (Wildman–Crippen LogP) is 22.7. The van der Waals surface area contributed by atoms with Gasteiger partial charge in [-0.2, -0.15) is 5.26 Å². The molecule has 0 fully saturated rings. The van der Waals surface area contributed by atoms with E-state index in [1.54, 1.807) is 6.07 Å². The molecule has 0 amide bonds. The second-order valence-corrected chi connectivity index (χ2v) is 27.4. The number of hydrogen-bond donors (Lipinski definition) is 0. The van der Waals surface area contributed by atoms with E-state index in [4.69, 9.17) is 59.8 Å². The van der Waals surface area contributed by atoms with Gasteiger partial charge in [0.2, 0.25) is 5.69 Å². The van der Waals surface area contributed by atoms with Crippen molar-refractivity contribution in [3.05, 3.63) is 369 Å². The van der Waals surface area contributed by atoms with Crippen molar-refractivity contribution in [2.75, 3.05) is 0 Å². The Morgan fingerprint density at radius 3 is 0.684 bits per heavy atom. The minimum absolute atomic E-state index is 0.299. The van der Waals surface area contributed by atoms with Crippen LogP contribution in [0.2, 0.25) is 0 Å². The van der Waals surface area contributed by atoms with Gasteiger partial charge in [-0.05, 0) is 54.1 Å². The standard InChI is InChI=1S/C98H58N16/c1-100-80-59-85(113-81-54-71(95-105-87(62-28-10-2-11-29-62)101-88(106-95)63-30-12-3-13-31-63)45-49-75(81)76-50-46-72(55-82(76)113)96-107-89(64-32-14-4-15-33-64)102-90(108-96)65-34-16-5-17-35-65)79(70-44-26-27-61(53-70)60-99)58-86(80)114-83-56-73(97-109-91(66-36-18-6-19-37-66)103-92(110-97)67-38-20-7-21-39-67)47-51-77(83)78-52-48-74(57-84(78)114)98-111-93(68-40-22-8-23-41-68)104-94(112-98)69-42-24-9-25-43-69/h2-59H. The third-order valence-electron chi connectivity index (χ3n) is 20.4. The number of aromatic nitrogens is 14. The van der Waals surface area contributed by atoms with Crippen LogP contribution >= 0.6 is 0 Å². The van der Waals surface area contributed by atoms with E-state index in [2.05, 4.69) is 98.9 Å². The summed E-state index contributed by atoms with van der Waals surface area (Å²) < 4.78 is 4.38. The maximum absolute atomic E-state index is 10.9. The molecule has 0 aliphatic carbocycles. The Morgan fingerprint density at radius 1 is 0.219 bits per heavy atom. The van der Waals surface area contributed by atoms with Crippen molar-refractivity contribution < 1.29 is 0 Å². The zero-order chi connectivity index (χ0) is 76.0. The van der Waals surface area contributed by atoms with Gasteiger partial charge in [0.1, 0.15) is 0 Å². The monoisotopic (exact) mass is 1460 g/mol. The average Bonchev–Trinajstić information content (AvgIpc) is 1.56. The van der Waals surface area contributed by atoms with E-state index in [9.17, 15) is 11.8 Å². The first-order valence-corrected chi connectivity index (χ1v) is 37.1. The molecule has 0 aliphatic heterocycles. The van der Waals surface area contributed by atoms with Crippen molar-refractivity contribution in [2.24, 2.45) is 0 Å². The largest absolute Gasteiger partial charge is 0.319 e. The summed E-state index contributed by atoms with van der Waals surface area (Å²) in [6.45, 7) is 9.68. The Hall–Kier alpha value is -16.3. The zero-order valence-corrected chi connectivity index (χ0v) is 60.6. The Morgan fingerprint density at radius 2 is 0.447 bits per heavy atom. The first-order valence-electron chi connectivity index (χ1n) is 37.1. The Bertz CT molecular complexity index is 6620. The van der Waals surface area contributed by atoms with Crippen molar-refractivity contribution in [2.45, 2.75) is 0 Å². The van der Waals surface area contributed by atoms with Crippen LogP contribution in [0, 0.1) is 17.9 Å². The van der Waals surface area contributed by atoms with E-state index in [1.165, 1.54) is 0 Å². The van der Waals surface area contributed by atoms with Crippen LogP contribution < -0.4 is 0 Å². The summed E-state index contributed by atoms with van der Waals surface area (Å²) in [5, 5.41) is 14.5. The van der Waals surface area contributed by atoms with Crippen molar-refractivity contribution in [3.8, 4) is 165 Å². The number of benzene rings is 14. The lowest BCUT2D eigenvalue weighted by atomic mass is 9.99. The van der Waals surface area contributed by atoms with Crippen LogP contribution in [0.3, 0.4) is 0 Å². The van der Waals surface area contributed by atoms with Crippen molar-refractivity contribution in [1.82, 2.24) is 68.9 Å². The summed E-state index contributed by atoms with van der Waals surface area (Å²) in [6, 6.07) is 119. The molecule has 0 saturated carbocycles. The molecule has 16 nitrogen and oxygen atoms in total. The maximum Gasteiger partial charge on any atom is 0.212 e. The van der Waals surface area contributed by atoms with Gasteiger partial charge in [-0.25, -0.2) is 64.7 Å². The van der Waals surface area contributed by atoms with E-state index < -0.39 is 0 Å². The topological polar surface area (TPSA) is 193 Å². The lowest BCUT2D eigenvalue weighted by molar-refractivity contribution is 1.07. The van der Waals surface area contributed by atoms with E-state index in [0.717, 1.165) is 88.1 Å². The summed E-state index contributed by atoms with van der Waals surface area (Å²) in [5.41, 5.74) is 15.8. The molecule has 14 aromatic carbocycles. The second kappa shape index (κ2) is 28.7. The third kappa shape index (κ3) is 12.5. The molecular formula is C98H58N16. The predicted molar refractivity (Wildman–Crippen MR) is 450 cm³/mol. The maximum atomic E-state index is 10.9. The number of nitrogens with zero attached hydrogens (tertiary/aromatic N) is 16. The van der Waals surface area contributed by atoms with Gasteiger partial charge in [0.25, 0.3) is 0 Å². The lowest BCUT2D eigenvalue weighted by Crippen LogP contribution is -2.03. The van der Waals surface area contributed by atoms with E-state index >= 15 is 0 Å². The molecule has 530 valence electrons. The van der Waals surface area contributed by atoms with Crippen molar-refractivity contribution >= 4 is 49.3 Å². The van der Waals surface area contributed by atoms with Gasteiger partial charge >= 0.3 is 0 Å². The van der Waals surface area contributed by atoms with Gasteiger partial charge in [0.05, 0.1) is 46.0 Å². The first-order chi connectivity index (χ1) is 56.4. The Balaban J connectivity index is 0.874. The average molecular weight is 1460 g/mol. The van der Waals surface area contributed by atoms with Crippen LogP contribution in [0.15, 0.2) is 352 Å². The molecule has 20 aromatic rings. The highest BCUT2D eigenvalue weighted by molar-refractivity contribution is 6.14. The van der Waals surface area contributed by atoms with Crippen LogP contribution in [0.4, 0.5) is 5.69 Å². The number of hydrogen-bond acceptors (Lipinski definition) is 13. The number of nitriles is 1. The van der Waals surface area contributed by atoms with Crippen LogP contribution in [0.1, 0.15) is 5.56 Å². The second-order valence-electron chi connectivity index (χ2n) is 27.4. The highest BCUT2D eigenvalue weighted by atomic mass is 15.1. The minimum Gasteiger partial charge on any atom is -0.319 e. The van der Waals surface area contributed by atoms with Gasteiger partial charge in [-0.1, -0.05) is 303 Å². The Labute approximate surface area is 653 Å². The summed E-state index contributed by atoms with van der Waals surface area (Å²) in [4.78, 5) is 66.9. The number of rotatable bonds is 15. The fraction of sp³-hybridized carbons (Fsp3) is 0. The van der Waals surface area contributed by atoms with Gasteiger partial charge in [0, 0.05) is 99.6 Å². The quantitative estimate of drug-likeness (QED) is 0.0881. The van der Waals surface area contributed by atoms with Crippen molar-refractivity contribution in [3.63, 3.8) is 0 Å². The van der Waals surface area contributed by atoms with Gasteiger partial charge in [0.15, 0.2) is 69.9 Å². The fourth-order valence-electron chi connectivity index (χ4n) is 14.9. The molecule has 0 atom stereocenters. The molecule has 0 bridgehead atoms. The summed E-state index contributed by atoms with van der Waals surface area (Å²) in [5.74, 6) is 5.88. The molecule has 0 aliphatic rings. The molecule has 0 saturated heterocycles. The van der Waals surface area contributed by atoms with Gasteiger partial charge < -0.3 is 9.13 Å². The molecule has 16 heteroatoms. The first kappa shape index (κ1) is 67.1. The van der Waals surface area contributed by atoms with Crippen LogP contribution in [0.25, 0.3) is 208 Å². The molecule has 0 N–H and O–H groups in total. The SMILES string of the molecule is [C-]#[N+]c1cc(-n2c3cc(-c4nc(-c5ccccc5)nc(-c5ccccc5)n4)ccc3c3ccc(-c4nc(-c5ccccc5)nc(-c5ccccc5)n4)cc32)c(-c2cccc(C#N)c2)cc1-n1c2cc(-c3nc(-c4ccccc4)nc(-c4ccccc4)n3)ccc2c2ccc(-c3nc(-c4ccccc4)nc(-c4ccccc4)n3)cc21. The van der Waals surface area contributed by atoms with Crippen molar-refractivity contribution in [1.29, 1.82) is 5.26 Å². The summed E-state index contributed by atoms with van der Waals surface area (Å²) >= 11 is 0. The fourth-order valence-corrected chi connectivity index (χ4v) is 14.9. The Kier molecular flexibility index (Phi) is 16.9. The number of fused-ring (bicyclic) bond motifs is 6. The smallest absolute Gasteiger partial charge is 0.212 e. The molecule has 20 rings (SSSR count). The van der Waals surface area contributed by atoms with Crippen LogP contribution in [-0.4, -0.2) is 68.9 Å². The van der Waals surface area contributed by atoms with Crippen LogP contribution in [-0.2, 0) is 0 Å². The van der Waals surface area contributed by atoms with E-state index in [-0.39, 0.29) is 0 Å². The molecule has 0 spiro atoms.